The van der Waals surface area contributed by atoms with Gasteiger partial charge in [-0.25, -0.2) is 0 Å². The van der Waals surface area contributed by atoms with Crippen molar-refractivity contribution in [2.24, 2.45) is 5.92 Å². The van der Waals surface area contributed by atoms with E-state index in [0.29, 0.717) is 23.9 Å². The number of nitrogens with zero attached hydrogens (tertiary/aromatic N) is 3. The quantitative estimate of drug-likeness (QED) is 0.591. The predicted molar refractivity (Wildman–Crippen MR) is 134 cm³/mol. The summed E-state index contributed by atoms with van der Waals surface area (Å²) in [7, 11) is 2.15. The highest BCUT2D eigenvalue weighted by molar-refractivity contribution is 6.08. The van der Waals surface area contributed by atoms with E-state index in [1.807, 2.05) is 52.8 Å². The minimum Gasteiger partial charge on any atom is -0.309 e. The van der Waals surface area contributed by atoms with E-state index in [9.17, 15) is 9.59 Å². The Morgan fingerprint density at radius 3 is 2.58 bits per heavy atom. The molecule has 2 aliphatic heterocycles. The van der Waals surface area contributed by atoms with E-state index in [1.165, 1.54) is 5.56 Å². The van der Waals surface area contributed by atoms with Crippen molar-refractivity contribution in [1.82, 2.24) is 9.47 Å². The van der Waals surface area contributed by atoms with E-state index in [4.69, 9.17) is 0 Å². The van der Waals surface area contributed by atoms with Crippen LogP contribution in [0.2, 0.25) is 0 Å². The van der Waals surface area contributed by atoms with Gasteiger partial charge < -0.3 is 14.4 Å². The number of hydrogen-bond acceptors (Lipinski definition) is 3. The first-order chi connectivity index (χ1) is 16.0. The molecule has 1 aromatic heterocycles. The molecular formula is C28H33N3O2. The maximum atomic E-state index is 13.8. The van der Waals surface area contributed by atoms with Crippen LogP contribution < -0.4 is 10.5 Å². The van der Waals surface area contributed by atoms with Crippen LogP contribution in [-0.4, -0.2) is 42.1 Å². The first-order valence-corrected chi connectivity index (χ1v) is 12.2. The van der Waals surface area contributed by atoms with E-state index in [0.717, 1.165) is 61.1 Å². The van der Waals surface area contributed by atoms with Gasteiger partial charge in [0.15, 0.2) is 0 Å². The number of hydrogen-bond donors (Lipinski definition) is 0. The number of carbonyl (C=O) groups excluding carboxylic acids is 1. The van der Waals surface area contributed by atoms with Gasteiger partial charge in [-0.3, -0.25) is 9.59 Å². The minimum atomic E-state index is 0.0412. The summed E-state index contributed by atoms with van der Waals surface area (Å²) in [5.41, 5.74) is 5.04. The standard InChI is InChI=1S/C28H33N3O2/c1-4-30-26-10-9-22(28(33)31-18-19(2)15-21-7-5-6-8-25(21)31)16-24(26)23(17-27(30)32)20-11-13-29(3)14-12-20/h5-10,16-17,19-20H,4,11-15,18H2,1-3H3. The summed E-state index contributed by atoms with van der Waals surface area (Å²) in [5.74, 6) is 0.813. The largest absolute Gasteiger partial charge is 0.309 e. The summed E-state index contributed by atoms with van der Waals surface area (Å²) < 4.78 is 1.82. The number of likely N-dealkylation sites (tertiary alicyclic amines) is 1. The Morgan fingerprint density at radius 1 is 1.06 bits per heavy atom. The zero-order chi connectivity index (χ0) is 23.1. The van der Waals surface area contributed by atoms with E-state index in [2.05, 4.69) is 31.0 Å². The number of anilines is 1. The highest BCUT2D eigenvalue weighted by Gasteiger charge is 2.28. The molecule has 2 aliphatic rings. The number of para-hydroxylation sites is 1. The van der Waals surface area contributed by atoms with E-state index in [1.54, 1.807) is 0 Å². The highest BCUT2D eigenvalue weighted by atomic mass is 16.2. The minimum absolute atomic E-state index is 0.0412. The van der Waals surface area contributed by atoms with Gasteiger partial charge in [0, 0.05) is 35.8 Å². The molecule has 1 amide bonds. The van der Waals surface area contributed by atoms with Crippen molar-refractivity contribution in [2.45, 2.75) is 45.6 Å². The monoisotopic (exact) mass is 443 g/mol. The fourth-order valence-electron chi connectivity index (χ4n) is 5.67. The third-order valence-electron chi connectivity index (χ3n) is 7.46. The lowest BCUT2D eigenvalue weighted by molar-refractivity contribution is 0.0981. The van der Waals surface area contributed by atoms with Gasteiger partial charge in [0.05, 0.1) is 5.52 Å². The van der Waals surface area contributed by atoms with Gasteiger partial charge in [0.2, 0.25) is 0 Å². The van der Waals surface area contributed by atoms with Gasteiger partial charge >= 0.3 is 0 Å². The number of amides is 1. The van der Waals surface area contributed by atoms with Crippen molar-refractivity contribution < 1.29 is 4.79 Å². The SMILES string of the molecule is CCn1c(=O)cc(C2CCN(C)CC2)c2cc(C(=O)N3CC(C)Cc4ccccc43)ccc21. The number of benzene rings is 2. The summed E-state index contributed by atoms with van der Waals surface area (Å²) in [4.78, 5) is 30.9. The van der Waals surface area contributed by atoms with Crippen LogP contribution >= 0.6 is 0 Å². The van der Waals surface area contributed by atoms with Gasteiger partial charge in [-0.15, -0.1) is 0 Å². The Hall–Kier alpha value is -2.92. The fourth-order valence-corrected chi connectivity index (χ4v) is 5.67. The molecule has 0 N–H and O–H groups in total. The van der Waals surface area contributed by atoms with Crippen molar-refractivity contribution in [3.8, 4) is 0 Å². The molecular weight excluding hydrogens is 410 g/mol. The third-order valence-corrected chi connectivity index (χ3v) is 7.46. The lowest BCUT2D eigenvalue weighted by Gasteiger charge is -2.33. The summed E-state index contributed by atoms with van der Waals surface area (Å²) >= 11 is 0. The molecule has 5 nitrogen and oxygen atoms in total. The number of fused-ring (bicyclic) bond motifs is 2. The first-order valence-electron chi connectivity index (χ1n) is 12.2. The molecule has 0 radical (unpaired) electrons. The third kappa shape index (κ3) is 3.99. The highest BCUT2D eigenvalue weighted by Crippen LogP contribution is 2.34. The van der Waals surface area contributed by atoms with Gasteiger partial charge in [0.25, 0.3) is 11.5 Å². The molecule has 0 aliphatic carbocycles. The second-order valence-electron chi connectivity index (χ2n) is 9.85. The number of piperidine rings is 1. The summed E-state index contributed by atoms with van der Waals surface area (Å²) in [5, 5.41) is 1.05. The van der Waals surface area contributed by atoms with Crippen LogP contribution in [0.1, 0.15) is 54.1 Å². The average Bonchev–Trinajstić information content (AvgIpc) is 2.83. The molecule has 1 fully saturated rings. The zero-order valence-corrected chi connectivity index (χ0v) is 19.9. The van der Waals surface area contributed by atoms with Gasteiger partial charge in [-0.1, -0.05) is 25.1 Å². The predicted octanol–water partition coefficient (Wildman–Crippen LogP) is 4.67. The summed E-state index contributed by atoms with van der Waals surface area (Å²) in [6, 6.07) is 16.0. The molecule has 5 heteroatoms. The van der Waals surface area contributed by atoms with Crippen LogP contribution in [0, 0.1) is 5.92 Å². The molecule has 0 bridgehead atoms. The lowest BCUT2D eigenvalue weighted by Crippen LogP contribution is -2.39. The van der Waals surface area contributed by atoms with Crippen molar-refractivity contribution >= 4 is 22.5 Å². The topological polar surface area (TPSA) is 45.6 Å². The molecule has 1 atom stereocenters. The second kappa shape index (κ2) is 8.79. The molecule has 0 saturated carbocycles. The van der Waals surface area contributed by atoms with Gasteiger partial charge in [-0.2, -0.15) is 0 Å². The maximum Gasteiger partial charge on any atom is 0.258 e. The fraction of sp³-hybridized carbons (Fsp3) is 0.429. The normalized spacial score (nSPS) is 19.6. The van der Waals surface area contributed by atoms with Crippen LogP contribution in [0.25, 0.3) is 10.9 Å². The molecule has 3 aromatic rings. The van der Waals surface area contributed by atoms with E-state index >= 15 is 0 Å². The molecule has 2 aromatic carbocycles. The molecule has 3 heterocycles. The Morgan fingerprint density at radius 2 is 1.82 bits per heavy atom. The Balaban J connectivity index is 1.60. The first kappa shape index (κ1) is 21.9. The van der Waals surface area contributed by atoms with Crippen molar-refractivity contribution in [3.05, 3.63) is 75.6 Å². The van der Waals surface area contributed by atoms with Crippen molar-refractivity contribution in [3.63, 3.8) is 0 Å². The van der Waals surface area contributed by atoms with Crippen LogP contribution in [-0.2, 0) is 13.0 Å². The Labute approximate surface area is 195 Å². The van der Waals surface area contributed by atoms with Crippen LogP contribution in [0.5, 0.6) is 0 Å². The summed E-state index contributed by atoms with van der Waals surface area (Å²) in [6.45, 7) is 7.61. The van der Waals surface area contributed by atoms with Crippen LogP contribution in [0.4, 0.5) is 5.69 Å². The van der Waals surface area contributed by atoms with Gasteiger partial charge in [0.1, 0.15) is 0 Å². The Kier molecular flexibility index (Phi) is 5.83. The van der Waals surface area contributed by atoms with Crippen LogP contribution in [0.3, 0.4) is 0 Å². The van der Waals surface area contributed by atoms with E-state index < -0.39 is 0 Å². The van der Waals surface area contributed by atoms with Gasteiger partial charge in [-0.05, 0) is 93.6 Å². The number of pyridine rings is 1. The number of rotatable bonds is 3. The molecule has 5 rings (SSSR count). The smallest absolute Gasteiger partial charge is 0.258 e. The van der Waals surface area contributed by atoms with Crippen molar-refractivity contribution in [1.29, 1.82) is 0 Å². The zero-order valence-electron chi connectivity index (χ0n) is 19.9. The lowest BCUT2D eigenvalue weighted by atomic mass is 9.87. The second-order valence-corrected chi connectivity index (χ2v) is 9.85. The Bertz CT molecular complexity index is 1250. The number of aryl methyl sites for hydroxylation is 1. The van der Waals surface area contributed by atoms with E-state index in [-0.39, 0.29) is 11.5 Å². The van der Waals surface area contributed by atoms with Crippen molar-refractivity contribution in [2.75, 3.05) is 31.6 Å². The molecule has 33 heavy (non-hydrogen) atoms. The average molecular weight is 444 g/mol. The molecule has 1 saturated heterocycles. The molecule has 1 unspecified atom stereocenters. The van der Waals surface area contributed by atoms with Crippen LogP contribution in [0.15, 0.2) is 53.3 Å². The molecule has 172 valence electrons. The molecule has 0 spiro atoms. The number of carbonyl (C=O) groups is 1. The summed E-state index contributed by atoms with van der Waals surface area (Å²) in [6.07, 6.45) is 3.08. The number of aromatic nitrogens is 1. The maximum absolute atomic E-state index is 13.8.